The molecule has 1 aliphatic heterocycles. The lowest BCUT2D eigenvalue weighted by molar-refractivity contribution is -0.135. The van der Waals surface area contributed by atoms with Crippen LogP contribution in [0.4, 0.5) is 4.79 Å². The van der Waals surface area contributed by atoms with Gasteiger partial charge in [-0.3, -0.25) is 14.5 Å². The number of amides is 4. The van der Waals surface area contributed by atoms with Gasteiger partial charge in [-0.25, -0.2) is 4.79 Å². The third-order valence-corrected chi connectivity index (χ3v) is 5.51. The van der Waals surface area contributed by atoms with Crippen molar-refractivity contribution in [2.45, 2.75) is 25.4 Å². The van der Waals surface area contributed by atoms with Gasteiger partial charge in [-0.15, -0.1) is 11.3 Å². The normalized spacial score (nSPS) is 19.5. The summed E-state index contributed by atoms with van der Waals surface area (Å²) in [6.07, 6.45) is 0.368. The first-order chi connectivity index (χ1) is 12.5. The first-order valence-electron chi connectivity index (χ1n) is 8.15. The van der Waals surface area contributed by atoms with Crippen molar-refractivity contribution in [3.05, 3.63) is 57.2 Å². The number of urea groups is 1. The smallest absolute Gasteiger partial charge is 0.325 e. The summed E-state index contributed by atoms with van der Waals surface area (Å²) in [6, 6.07) is 9.99. The number of hydrogen-bond donors (Lipinski definition) is 2. The Balaban J connectivity index is 1.73. The highest BCUT2D eigenvalue weighted by Crippen LogP contribution is 2.32. The highest BCUT2D eigenvalue weighted by atomic mass is 35.5. The third kappa shape index (κ3) is 3.45. The SMILES string of the molecule is CCC1(c2ccc(Cl)cc2)NC(=O)N(CC(=O)NCc2cccs2)C1=O. The topological polar surface area (TPSA) is 78.5 Å². The summed E-state index contributed by atoms with van der Waals surface area (Å²) in [5.41, 5.74) is -0.528. The third-order valence-electron chi connectivity index (χ3n) is 4.38. The zero-order valence-corrected chi connectivity index (χ0v) is 15.7. The molecule has 0 saturated carbocycles. The predicted octanol–water partition coefficient (Wildman–Crippen LogP) is 2.88. The Morgan fingerprint density at radius 3 is 2.62 bits per heavy atom. The van der Waals surface area contributed by atoms with E-state index in [1.807, 2.05) is 24.4 Å². The van der Waals surface area contributed by atoms with Gasteiger partial charge in [-0.05, 0) is 35.6 Å². The number of nitrogens with one attached hydrogen (secondary N) is 2. The van der Waals surface area contributed by atoms with E-state index in [1.165, 1.54) is 11.3 Å². The van der Waals surface area contributed by atoms with Gasteiger partial charge in [0.1, 0.15) is 12.1 Å². The zero-order valence-electron chi connectivity index (χ0n) is 14.1. The van der Waals surface area contributed by atoms with E-state index in [2.05, 4.69) is 10.6 Å². The van der Waals surface area contributed by atoms with Crippen LogP contribution in [0, 0.1) is 0 Å². The number of halogens is 1. The van der Waals surface area contributed by atoms with E-state index >= 15 is 0 Å². The minimum absolute atomic E-state index is 0.314. The number of benzene rings is 1. The molecule has 0 bridgehead atoms. The Bertz CT molecular complexity index is 823. The van der Waals surface area contributed by atoms with Crippen molar-refractivity contribution in [3.8, 4) is 0 Å². The van der Waals surface area contributed by atoms with Gasteiger partial charge >= 0.3 is 6.03 Å². The van der Waals surface area contributed by atoms with Crippen LogP contribution in [0.25, 0.3) is 0 Å². The summed E-state index contributed by atoms with van der Waals surface area (Å²) in [6.45, 7) is 1.87. The zero-order chi connectivity index (χ0) is 18.7. The van der Waals surface area contributed by atoms with Gasteiger partial charge in [0.25, 0.3) is 5.91 Å². The molecule has 8 heteroatoms. The summed E-state index contributed by atoms with van der Waals surface area (Å²) < 4.78 is 0. The molecule has 2 heterocycles. The van der Waals surface area contributed by atoms with Gasteiger partial charge in [-0.1, -0.05) is 36.7 Å². The Morgan fingerprint density at radius 1 is 1.27 bits per heavy atom. The number of imide groups is 1. The number of nitrogens with zero attached hydrogens (tertiary/aromatic N) is 1. The van der Waals surface area contributed by atoms with E-state index in [0.29, 0.717) is 23.6 Å². The maximum absolute atomic E-state index is 13.0. The second-order valence-corrected chi connectivity index (χ2v) is 7.41. The average molecular weight is 392 g/mol. The van der Waals surface area contributed by atoms with Gasteiger partial charge in [-0.2, -0.15) is 0 Å². The van der Waals surface area contributed by atoms with Crippen LogP contribution in [0.2, 0.25) is 5.02 Å². The molecule has 4 amide bonds. The molecule has 0 aliphatic carbocycles. The largest absolute Gasteiger partial charge is 0.350 e. The monoisotopic (exact) mass is 391 g/mol. The molecule has 1 unspecified atom stereocenters. The van der Waals surface area contributed by atoms with Crippen molar-refractivity contribution >= 4 is 40.8 Å². The first kappa shape index (κ1) is 18.4. The minimum atomic E-state index is -1.17. The molecule has 2 aromatic rings. The number of thiophene rings is 1. The summed E-state index contributed by atoms with van der Waals surface area (Å²) in [4.78, 5) is 39.4. The minimum Gasteiger partial charge on any atom is -0.350 e. The molecule has 136 valence electrons. The standard InChI is InChI=1S/C18H18ClN3O3S/c1-2-18(12-5-7-13(19)8-6-12)16(24)22(17(25)21-18)11-15(23)20-10-14-4-3-9-26-14/h3-9H,2,10-11H2,1H3,(H,20,23)(H,21,25). The second-order valence-electron chi connectivity index (χ2n) is 5.94. The van der Waals surface area contributed by atoms with E-state index in [0.717, 1.165) is 9.78 Å². The quantitative estimate of drug-likeness (QED) is 0.743. The fraction of sp³-hybridized carbons (Fsp3) is 0.278. The number of carbonyl (C=O) groups is 3. The number of rotatable bonds is 6. The van der Waals surface area contributed by atoms with Crippen LogP contribution in [-0.4, -0.2) is 29.3 Å². The van der Waals surface area contributed by atoms with Crippen LogP contribution in [0.5, 0.6) is 0 Å². The van der Waals surface area contributed by atoms with Crippen LogP contribution in [0.1, 0.15) is 23.8 Å². The van der Waals surface area contributed by atoms with Crippen molar-refractivity contribution < 1.29 is 14.4 Å². The summed E-state index contributed by atoms with van der Waals surface area (Å²) in [7, 11) is 0. The first-order valence-corrected chi connectivity index (χ1v) is 9.41. The fourth-order valence-corrected chi connectivity index (χ4v) is 3.71. The summed E-state index contributed by atoms with van der Waals surface area (Å²) in [5, 5.41) is 7.93. The number of hydrogen-bond acceptors (Lipinski definition) is 4. The van der Waals surface area contributed by atoms with E-state index in [9.17, 15) is 14.4 Å². The predicted molar refractivity (Wildman–Crippen MR) is 99.8 cm³/mol. The lowest BCUT2D eigenvalue weighted by Gasteiger charge is -2.25. The molecule has 1 saturated heterocycles. The van der Waals surface area contributed by atoms with Gasteiger partial charge in [0.2, 0.25) is 5.91 Å². The molecule has 1 aliphatic rings. The highest BCUT2D eigenvalue weighted by Gasteiger charge is 2.51. The van der Waals surface area contributed by atoms with Crippen molar-refractivity contribution in [1.82, 2.24) is 15.5 Å². The van der Waals surface area contributed by atoms with Crippen LogP contribution in [0.3, 0.4) is 0 Å². The van der Waals surface area contributed by atoms with Gasteiger partial charge in [0.15, 0.2) is 0 Å². The van der Waals surface area contributed by atoms with Crippen molar-refractivity contribution in [1.29, 1.82) is 0 Å². The van der Waals surface area contributed by atoms with Gasteiger partial charge in [0, 0.05) is 9.90 Å². The van der Waals surface area contributed by atoms with Crippen LogP contribution < -0.4 is 10.6 Å². The molecule has 1 aromatic heterocycles. The average Bonchev–Trinajstić information content (AvgIpc) is 3.23. The Labute approximate surface area is 160 Å². The molecular formula is C18H18ClN3O3S. The van der Waals surface area contributed by atoms with Crippen molar-refractivity contribution in [2.24, 2.45) is 0 Å². The van der Waals surface area contributed by atoms with Gasteiger partial charge < -0.3 is 10.6 Å². The van der Waals surface area contributed by atoms with E-state index < -0.39 is 17.5 Å². The van der Waals surface area contributed by atoms with Crippen LogP contribution >= 0.6 is 22.9 Å². The lowest BCUT2D eigenvalue weighted by atomic mass is 9.87. The Morgan fingerprint density at radius 2 is 2.00 bits per heavy atom. The second kappa shape index (κ2) is 7.47. The molecule has 3 rings (SSSR count). The maximum Gasteiger partial charge on any atom is 0.325 e. The molecule has 0 spiro atoms. The Hall–Kier alpha value is -2.38. The van der Waals surface area contributed by atoms with E-state index in [1.54, 1.807) is 24.3 Å². The Kier molecular flexibility index (Phi) is 5.29. The fourth-order valence-electron chi connectivity index (χ4n) is 2.94. The molecule has 0 radical (unpaired) electrons. The molecule has 2 N–H and O–H groups in total. The summed E-state index contributed by atoms with van der Waals surface area (Å²) >= 11 is 7.44. The molecular weight excluding hydrogens is 374 g/mol. The number of carbonyl (C=O) groups excluding carboxylic acids is 3. The van der Waals surface area contributed by atoms with Gasteiger partial charge in [0.05, 0.1) is 6.54 Å². The molecule has 6 nitrogen and oxygen atoms in total. The van der Waals surface area contributed by atoms with Crippen LogP contribution in [0.15, 0.2) is 41.8 Å². The molecule has 1 atom stereocenters. The summed E-state index contributed by atoms with van der Waals surface area (Å²) in [5.74, 6) is -0.816. The van der Waals surface area contributed by atoms with Crippen molar-refractivity contribution in [3.63, 3.8) is 0 Å². The van der Waals surface area contributed by atoms with E-state index in [-0.39, 0.29) is 12.5 Å². The molecule has 1 fully saturated rings. The molecule has 26 heavy (non-hydrogen) atoms. The maximum atomic E-state index is 13.0. The highest BCUT2D eigenvalue weighted by molar-refractivity contribution is 7.09. The molecule has 1 aromatic carbocycles. The van der Waals surface area contributed by atoms with Crippen molar-refractivity contribution in [2.75, 3.05) is 6.54 Å². The van der Waals surface area contributed by atoms with E-state index in [4.69, 9.17) is 11.6 Å². The lowest BCUT2D eigenvalue weighted by Crippen LogP contribution is -2.44. The van der Waals surface area contributed by atoms with Crippen LogP contribution in [-0.2, 0) is 21.7 Å².